The van der Waals surface area contributed by atoms with Gasteiger partial charge in [0.2, 0.25) is 11.8 Å². The standard InChI is InChI=1S/C21H21N5O7S/c1-12-14(5-4-6-15(12)26(29)30)20(28)22-10-19-24-25-21(33-19)34-11-18(27)23-13-7-8-16(31-2)17(9-13)32-3/h4-9H,10-11H2,1-3H3,(H,22,28)(H,23,27). The molecule has 2 N–H and O–H groups in total. The Morgan fingerprint density at radius 3 is 2.62 bits per heavy atom. The van der Waals surface area contributed by atoms with Crippen molar-refractivity contribution in [3.63, 3.8) is 0 Å². The predicted molar refractivity (Wildman–Crippen MR) is 122 cm³/mol. The van der Waals surface area contributed by atoms with Gasteiger partial charge in [-0.3, -0.25) is 19.7 Å². The number of nitrogens with zero attached hydrogens (tertiary/aromatic N) is 3. The largest absolute Gasteiger partial charge is 0.493 e. The van der Waals surface area contributed by atoms with E-state index in [1.807, 2.05) is 0 Å². The molecule has 2 aromatic carbocycles. The fourth-order valence-corrected chi connectivity index (χ4v) is 3.51. The lowest BCUT2D eigenvalue weighted by atomic mass is 10.1. The first-order valence-corrected chi connectivity index (χ1v) is 10.8. The molecule has 0 fully saturated rings. The molecule has 0 atom stereocenters. The molecule has 12 nitrogen and oxygen atoms in total. The van der Waals surface area contributed by atoms with Crippen molar-refractivity contribution in [1.29, 1.82) is 0 Å². The Morgan fingerprint density at radius 2 is 1.91 bits per heavy atom. The van der Waals surface area contributed by atoms with Gasteiger partial charge in [-0.25, -0.2) is 0 Å². The van der Waals surface area contributed by atoms with Crippen LogP contribution in [0.4, 0.5) is 11.4 Å². The zero-order chi connectivity index (χ0) is 24.7. The summed E-state index contributed by atoms with van der Waals surface area (Å²) in [5.74, 6) is 0.348. The minimum atomic E-state index is -0.547. The molecule has 0 saturated carbocycles. The van der Waals surface area contributed by atoms with Gasteiger partial charge in [0.15, 0.2) is 11.5 Å². The normalized spacial score (nSPS) is 10.4. The van der Waals surface area contributed by atoms with E-state index < -0.39 is 10.8 Å². The average Bonchev–Trinajstić information content (AvgIpc) is 3.29. The number of amides is 2. The van der Waals surface area contributed by atoms with Crippen molar-refractivity contribution in [2.45, 2.75) is 18.7 Å². The fourth-order valence-electron chi connectivity index (χ4n) is 2.92. The van der Waals surface area contributed by atoms with Gasteiger partial charge in [0, 0.05) is 28.9 Å². The van der Waals surface area contributed by atoms with Crippen LogP contribution in [-0.2, 0) is 11.3 Å². The maximum absolute atomic E-state index is 12.4. The number of thioether (sulfide) groups is 1. The molecule has 0 aliphatic carbocycles. The lowest BCUT2D eigenvalue weighted by Gasteiger charge is -2.10. The van der Waals surface area contributed by atoms with E-state index in [0.717, 1.165) is 11.8 Å². The van der Waals surface area contributed by atoms with Crippen molar-refractivity contribution < 1.29 is 28.4 Å². The van der Waals surface area contributed by atoms with E-state index in [2.05, 4.69) is 20.8 Å². The maximum atomic E-state index is 12.4. The second kappa shape index (κ2) is 11.1. The molecule has 3 aromatic rings. The van der Waals surface area contributed by atoms with Crippen molar-refractivity contribution in [3.05, 3.63) is 63.5 Å². The number of hydrogen-bond donors (Lipinski definition) is 2. The first kappa shape index (κ1) is 24.5. The third-order valence-electron chi connectivity index (χ3n) is 4.59. The molecule has 34 heavy (non-hydrogen) atoms. The highest BCUT2D eigenvalue weighted by atomic mass is 32.2. The van der Waals surface area contributed by atoms with Gasteiger partial charge in [0.05, 0.1) is 31.4 Å². The second-order valence-corrected chi connectivity index (χ2v) is 7.68. The summed E-state index contributed by atoms with van der Waals surface area (Å²) in [5, 5.41) is 24.2. The van der Waals surface area contributed by atoms with Crippen molar-refractivity contribution >= 4 is 35.0 Å². The second-order valence-electron chi connectivity index (χ2n) is 6.76. The number of nitro groups is 1. The van der Waals surface area contributed by atoms with Crippen LogP contribution in [0, 0.1) is 17.0 Å². The summed E-state index contributed by atoms with van der Waals surface area (Å²) >= 11 is 1.03. The summed E-state index contributed by atoms with van der Waals surface area (Å²) in [6, 6.07) is 9.25. The van der Waals surface area contributed by atoms with Crippen LogP contribution in [0.25, 0.3) is 0 Å². The van der Waals surface area contributed by atoms with Gasteiger partial charge in [-0.2, -0.15) is 0 Å². The molecule has 0 radical (unpaired) electrons. The molecule has 1 aromatic heterocycles. The number of ether oxygens (including phenoxy) is 2. The van der Waals surface area contributed by atoms with Gasteiger partial charge in [0.25, 0.3) is 16.8 Å². The van der Waals surface area contributed by atoms with E-state index >= 15 is 0 Å². The number of rotatable bonds is 10. The molecule has 13 heteroatoms. The minimum absolute atomic E-state index is 0.00914. The third kappa shape index (κ3) is 6.01. The van der Waals surface area contributed by atoms with Gasteiger partial charge in [-0.05, 0) is 25.1 Å². The number of carbonyl (C=O) groups excluding carboxylic acids is 2. The van der Waals surface area contributed by atoms with Gasteiger partial charge in [-0.1, -0.05) is 17.8 Å². The summed E-state index contributed by atoms with van der Waals surface area (Å²) in [6.07, 6.45) is 0. The summed E-state index contributed by atoms with van der Waals surface area (Å²) in [4.78, 5) is 35.1. The summed E-state index contributed by atoms with van der Waals surface area (Å²) in [5.41, 5.74) is 0.825. The van der Waals surface area contributed by atoms with Gasteiger partial charge < -0.3 is 24.5 Å². The van der Waals surface area contributed by atoms with Crippen LogP contribution in [0.3, 0.4) is 0 Å². The summed E-state index contributed by atoms with van der Waals surface area (Å²) in [6.45, 7) is 1.42. The number of hydrogen-bond acceptors (Lipinski definition) is 10. The molecule has 178 valence electrons. The highest BCUT2D eigenvalue weighted by molar-refractivity contribution is 7.99. The fraction of sp³-hybridized carbons (Fsp3) is 0.238. The Hall–Kier alpha value is -4.13. The molecule has 3 rings (SSSR count). The minimum Gasteiger partial charge on any atom is -0.493 e. The summed E-state index contributed by atoms with van der Waals surface area (Å²) in [7, 11) is 3.02. The monoisotopic (exact) mass is 487 g/mol. The van der Waals surface area contributed by atoms with Crippen LogP contribution < -0.4 is 20.1 Å². The Bertz CT molecular complexity index is 1210. The van der Waals surface area contributed by atoms with Crippen LogP contribution in [0.2, 0.25) is 0 Å². The van der Waals surface area contributed by atoms with Crippen molar-refractivity contribution in [2.24, 2.45) is 0 Å². The highest BCUT2D eigenvalue weighted by Crippen LogP contribution is 2.30. The van der Waals surface area contributed by atoms with E-state index in [-0.39, 0.29) is 46.1 Å². The van der Waals surface area contributed by atoms with Crippen molar-refractivity contribution in [2.75, 3.05) is 25.3 Å². The number of carbonyl (C=O) groups is 2. The smallest absolute Gasteiger partial charge is 0.277 e. The van der Waals surface area contributed by atoms with Crippen LogP contribution in [0.15, 0.2) is 46.0 Å². The first-order chi connectivity index (χ1) is 16.3. The maximum Gasteiger partial charge on any atom is 0.277 e. The lowest BCUT2D eigenvalue weighted by molar-refractivity contribution is -0.385. The van der Waals surface area contributed by atoms with E-state index in [0.29, 0.717) is 17.2 Å². The number of nitrogens with one attached hydrogen (secondary N) is 2. The molecule has 1 heterocycles. The van der Waals surface area contributed by atoms with E-state index in [1.165, 1.54) is 39.3 Å². The Kier molecular flexibility index (Phi) is 8.03. The molecular weight excluding hydrogens is 466 g/mol. The molecule has 0 unspecified atom stereocenters. The number of anilines is 1. The van der Waals surface area contributed by atoms with Gasteiger partial charge in [-0.15, -0.1) is 10.2 Å². The Morgan fingerprint density at radius 1 is 1.15 bits per heavy atom. The van der Waals surface area contributed by atoms with Crippen LogP contribution in [0.5, 0.6) is 11.5 Å². The highest BCUT2D eigenvalue weighted by Gasteiger charge is 2.18. The number of methoxy groups -OCH3 is 2. The molecular formula is C21H21N5O7S. The third-order valence-corrected chi connectivity index (χ3v) is 5.41. The average molecular weight is 487 g/mol. The molecule has 0 bridgehead atoms. The summed E-state index contributed by atoms with van der Waals surface area (Å²) < 4.78 is 15.8. The zero-order valence-corrected chi connectivity index (χ0v) is 19.3. The lowest BCUT2D eigenvalue weighted by Crippen LogP contribution is -2.24. The van der Waals surface area contributed by atoms with Crippen molar-refractivity contribution in [1.82, 2.24) is 15.5 Å². The van der Waals surface area contributed by atoms with Gasteiger partial charge >= 0.3 is 0 Å². The van der Waals surface area contributed by atoms with Crippen molar-refractivity contribution in [3.8, 4) is 11.5 Å². The van der Waals surface area contributed by atoms with Gasteiger partial charge in [0.1, 0.15) is 0 Å². The number of aromatic nitrogens is 2. The quantitative estimate of drug-likeness (QED) is 0.247. The molecule has 0 aliphatic heterocycles. The van der Waals surface area contributed by atoms with Crippen LogP contribution in [0.1, 0.15) is 21.8 Å². The topological polar surface area (TPSA) is 159 Å². The Labute approximate surface area is 198 Å². The van der Waals surface area contributed by atoms with Crippen LogP contribution >= 0.6 is 11.8 Å². The van der Waals surface area contributed by atoms with Crippen LogP contribution in [-0.4, -0.2) is 46.9 Å². The molecule has 0 aliphatic rings. The first-order valence-electron chi connectivity index (χ1n) is 9.81. The predicted octanol–water partition coefficient (Wildman–Crippen LogP) is 2.96. The molecule has 2 amide bonds. The molecule has 0 saturated heterocycles. The number of nitro benzene ring substituents is 1. The van der Waals surface area contributed by atoms with E-state index in [9.17, 15) is 19.7 Å². The van der Waals surface area contributed by atoms with E-state index in [4.69, 9.17) is 13.9 Å². The Balaban J connectivity index is 1.51. The SMILES string of the molecule is COc1ccc(NC(=O)CSc2nnc(CNC(=O)c3cccc([N+](=O)[O-])c3C)o2)cc1OC. The van der Waals surface area contributed by atoms with E-state index in [1.54, 1.807) is 18.2 Å². The number of benzene rings is 2. The zero-order valence-electron chi connectivity index (χ0n) is 18.5. The molecule has 0 spiro atoms.